The van der Waals surface area contributed by atoms with Crippen LogP contribution in [0.2, 0.25) is 0 Å². The third-order valence-corrected chi connectivity index (χ3v) is 6.08. The van der Waals surface area contributed by atoms with E-state index < -0.39 is 0 Å². The Bertz CT molecular complexity index is 1390. The lowest BCUT2D eigenvalue weighted by molar-refractivity contribution is -0.121. The van der Waals surface area contributed by atoms with Crippen molar-refractivity contribution in [3.05, 3.63) is 102 Å². The fourth-order valence-corrected chi connectivity index (χ4v) is 4.39. The number of aromatic nitrogens is 2. The van der Waals surface area contributed by atoms with Gasteiger partial charge in [0.2, 0.25) is 5.91 Å². The fourth-order valence-electron chi connectivity index (χ4n) is 4.39. The number of nitrogens with zero attached hydrogens (tertiary/aromatic N) is 1. The summed E-state index contributed by atoms with van der Waals surface area (Å²) in [6.45, 7) is 0.669. The average molecular weight is 434 g/mol. The first kappa shape index (κ1) is 21.0. The van der Waals surface area contributed by atoms with Gasteiger partial charge in [-0.3, -0.25) is 4.79 Å². The van der Waals surface area contributed by atoms with E-state index in [-0.39, 0.29) is 5.91 Å². The van der Waals surface area contributed by atoms with Gasteiger partial charge < -0.3 is 10.3 Å². The molecule has 0 aliphatic heterocycles. The van der Waals surface area contributed by atoms with Crippen molar-refractivity contribution in [3.8, 4) is 11.4 Å². The molecule has 0 saturated carbocycles. The largest absolute Gasteiger partial charge is 0.356 e. The lowest BCUT2D eigenvalue weighted by Crippen LogP contribution is -2.25. The lowest BCUT2D eigenvalue weighted by Gasteiger charge is -2.08. The number of amides is 1. The van der Waals surface area contributed by atoms with Crippen LogP contribution in [0.4, 0.5) is 0 Å². The molecule has 3 aromatic carbocycles. The van der Waals surface area contributed by atoms with Crippen LogP contribution in [0.1, 0.15) is 24.0 Å². The fraction of sp³-hybridized carbons (Fsp3) is 0.172. The molecule has 0 unspecified atom stereocenters. The summed E-state index contributed by atoms with van der Waals surface area (Å²) in [5.74, 6) is 0.108. The molecular weight excluding hydrogens is 406 g/mol. The second kappa shape index (κ2) is 9.70. The molecule has 2 aromatic heterocycles. The number of aromatic amines is 1. The minimum Gasteiger partial charge on any atom is -0.356 e. The molecule has 0 fully saturated rings. The van der Waals surface area contributed by atoms with Crippen LogP contribution in [0.25, 0.3) is 33.2 Å². The normalized spacial score (nSPS) is 11.2. The Hall–Kier alpha value is -3.92. The van der Waals surface area contributed by atoms with Crippen LogP contribution in [0.15, 0.2) is 91.0 Å². The summed E-state index contributed by atoms with van der Waals surface area (Å²) in [5.41, 5.74) is 6.54. The summed E-state index contributed by atoms with van der Waals surface area (Å²) in [4.78, 5) is 20.9. The molecule has 0 aliphatic carbocycles. The Balaban J connectivity index is 1.29. The number of pyridine rings is 1. The van der Waals surface area contributed by atoms with E-state index in [1.165, 1.54) is 16.5 Å². The summed E-state index contributed by atoms with van der Waals surface area (Å²) >= 11 is 0. The van der Waals surface area contributed by atoms with Crippen LogP contribution in [0.5, 0.6) is 0 Å². The highest BCUT2D eigenvalue weighted by Crippen LogP contribution is 2.31. The Kier molecular flexibility index (Phi) is 6.16. The molecule has 5 aromatic rings. The SMILES string of the molecule is O=C(CCCc1c(-c2ccc3ccccc3n2)[nH]c2ccccc12)NCCc1ccccc1. The van der Waals surface area contributed by atoms with Gasteiger partial charge in [0, 0.05) is 29.3 Å². The molecule has 0 spiro atoms. The molecule has 0 saturated heterocycles. The van der Waals surface area contributed by atoms with Crippen LogP contribution < -0.4 is 5.32 Å². The van der Waals surface area contributed by atoms with Crippen molar-refractivity contribution in [1.82, 2.24) is 15.3 Å². The van der Waals surface area contributed by atoms with Crippen LogP contribution >= 0.6 is 0 Å². The maximum Gasteiger partial charge on any atom is 0.220 e. The van der Waals surface area contributed by atoms with Crippen LogP contribution in [-0.2, 0) is 17.6 Å². The number of hydrogen-bond donors (Lipinski definition) is 2. The molecule has 2 heterocycles. The first-order chi connectivity index (χ1) is 16.3. The summed E-state index contributed by atoms with van der Waals surface area (Å²) in [7, 11) is 0. The summed E-state index contributed by atoms with van der Waals surface area (Å²) in [5, 5.41) is 5.39. The highest BCUT2D eigenvalue weighted by molar-refractivity contribution is 5.91. The van der Waals surface area contributed by atoms with E-state index in [0.717, 1.165) is 47.1 Å². The van der Waals surface area contributed by atoms with Crippen LogP contribution in [-0.4, -0.2) is 22.4 Å². The van der Waals surface area contributed by atoms with E-state index in [9.17, 15) is 4.79 Å². The number of rotatable bonds is 8. The second-order valence-electron chi connectivity index (χ2n) is 8.35. The quantitative estimate of drug-likeness (QED) is 0.312. The van der Waals surface area contributed by atoms with Crippen molar-refractivity contribution >= 4 is 27.7 Å². The van der Waals surface area contributed by atoms with Crippen molar-refractivity contribution < 1.29 is 4.79 Å². The van der Waals surface area contributed by atoms with Gasteiger partial charge >= 0.3 is 0 Å². The summed E-state index contributed by atoms with van der Waals surface area (Å²) in [6.07, 6.45) is 2.98. The van der Waals surface area contributed by atoms with E-state index in [0.29, 0.717) is 13.0 Å². The number of carbonyl (C=O) groups is 1. The number of H-pyrrole nitrogens is 1. The Labute approximate surface area is 193 Å². The third-order valence-electron chi connectivity index (χ3n) is 6.08. The average Bonchev–Trinajstić information content (AvgIpc) is 3.23. The first-order valence-electron chi connectivity index (χ1n) is 11.5. The number of carbonyl (C=O) groups excluding carboxylic acids is 1. The Morgan fingerprint density at radius 1 is 0.818 bits per heavy atom. The molecule has 4 nitrogen and oxygen atoms in total. The van der Waals surface area contributed by atoms with Crippen LogP contribution in [0, 0.1) is 0 Å². The molecule has 0 aliphatic rings. The van der Waals surface area contributed by atoms with Crippen LogP contribution in [0.3, 0.4) is 0 Å². The zero-order valence-electron chi connectivity index (χ0n) is 18.6. The zero-order valence-corrected chi connectivity index (χ0v) is 18.6. The predicted octanol–water partition coefficient (Wildman–Crippen LogP) is 6.06. The van der Waals surface area contributed by atoms with Gasteiger partial charge in [-0.25, -0.2) is 4.98 Å². The topological polar surface area (TPSA) is 57.8 Å². The second-order valence-corrected chi connectivity index (χ2v) is 8.35. The van der Waals surface area contributed by atoms with E-state index in [2.05, 4.69) is 58.8 Å². The van der Waals surface area contributed by atoms with Gasteiger partial charge in [-0.1, -0.05) is 72.8 Å². The zero-order chi connectivity index (χ0) is 22.5. The minimum absolute atomic E-state index is 0.108. The number of aryl methyl sites for hydroxylation is 1. The van der Waals surface area contributed by atoms with E-state index in [1.807, 2.05) is 42.5 Å². The molecule has 4 heteroatoms. The monoisotopic (exact) mass is 433 g/mol. The minimum atomic E-state index is 0.108. The van der Waals surface area contributed by atoms with E-state index in [1.54, 1.807) is 0 Å². The molecular formula is C29H27N3O. The number of nitrogens with one attached hydrogen (secondary N) is 2. The molecule has 0 bridgehead atoms. The van der Waals surface area contributed by atoms with Crippen molar-refractivity contribution in [1.29, 1.82) is 0 Å². The van der Waals surface area contributed by atoms with Crippen molar-refractivity contribution in [2.45, 2.75) is 25.7 Å². The smallest absolute Gasteiger partial charge is 0.220 e. The summed E-state index contributed by atoms with van der Waals surface area (Å²) in [6, 6.07) is 31.0. The van der Waals surface area contributed by atoms with Gasteiger partial charge in [0.15, 0.2) is 0 Å². The molecule has 1 amide bonds. The maximum absolute atomic E-state index is 12.4. The lowest BCUT2D eigenvalue weighted by atomic mass is 10.0. The van der Waals surface area contributed by atoms with E-state index in [4.69, 9.17) is 4.98 Å². The van der Waals surface area contributed by atoms with Crippen molar-refractivity contribution in [3.63, 3.8) is 0 Å². The predicted molar refractivity (Wildman–Crippen MR) is 135 cm³/mol. The highest BCUT2D eigenvalue weighted by Gasteiger charge is 2.15. The molecule has 5 rings (SSSR count). The van der Waals surface area contributed by atoms with Gasteiger partial charge in [-0.2, -0.15) is 0 Å². The Morgan fingerprint density at radius 2 is 1.61 bits per heavy atom. The van der Waals surface area contributed by atoms with Gasteiger partial charge in [-0.15, -0.1) is 0 Å². The van der Waals surface area contributed by atoms with Crippen molar-refractivity contribution in [2.24, 2.45) is 0 Å². The first-order valence-corrected chi connectivity index (χ1v) is 11.5. The molecule has 164 valence electrons. The van der Waals surface area contributed by atoms with Crippen molar-refractivity contribution in [2.75, 3.05) is 6.54 Å². The highest BCUT2D eigenvalue weighted by atomic mass is 16.1. The Morgan fingerprint density at radius 3 is 2.52 bits per heavy atom. The van der Waals surface area contributed by atoms with Gasteiger partial charge in [0.05, 0.1) is 16.9 Å². The standard InChI is InChI=1S/C29H27N3O/c33-28(30-20-19-21-9-2-1-3-10-21)16-8-13-24-23-12-5-7-15-26(23)32-29(24)27-18-17-22-11-4-6-14-25(22)31-27/h1-7,9-12,14-15,17-18,32H,8,13,16,19-20H2,(H,30,33). The number of para-hydroxylation sites is 2. The van der Waals surface area contributed by atoms with E-state index >= 15 is 0 Å². The van der Waals surface area contributed by atoms with Gasteiger partial charge in [0.1, 0.15) is 0 Å². The molecule has 0 radical (unpaired) electrons. The molecule has 33 heavy (non-hydrogen) atoms. The number of hydrogen-bond acceptors (Lipinski definition) is 2. The molecule has 2 N–H and O–H groups in total. The third kappa shape index (κ3) is 4.80. The summed E-state index contributed by atoms with van der Waals surface area (Å²) < 4.78 is 0. The van der Waals surface area contributed by atoms with Gasteiger partial charge in [0.25, 0.3) is 0 Å². The maximum atomic E-state index is 12.4. The number of fused-ring (bicyclic) bond motifs is 2. The molecule has 0 atom stereocenters. The van der Waals surface area contributed by atoms with Gasteiger partial charge in [-0.05, 0) is 48.6 Å². The number of benzene rings is 3.